The number of phenolic OH excluding ortho intramolecular Hbond substituents is 1. The fourth-order valence-electron chi connectivity index (χ4n) is 2.62. The average Bonchev–Trinajstić information content (AvgIpc) is 2.46. The smallest absolute Gasteiger partial charge is 0.448 e. The van der Waals surface area contributed by atoms with Crippen LogP contribution >= 0.6 is 7.75 Å². The second-order valence-electron chi connectivity index (χ2n) is 5.75. The van der Waals surface area contributed by atoms with E-state index in [1.807, 2.05) is 0 Å². The minimum atomic E-state index is -4.77. The topological polar surface area (TPSA) is 151 Å². The van der Waals surface area contributed by atoms with Gasteiger partial charge in [-0.3, -0.25) is 0 Å². The molecule has 1 aliphatic rings. The fraction of sp³-hybridized carbons (Fsp3) is 0.312. The Hall–Kier alpha value is -2.12. The molecule has 0 spiro atoms. The fourth-order valence-corrected chi connectivity index (χ4v) is 3.11. The van der Waals surface area contributed by atoms with Crippen molar-refractivity contribution < 1.29 is 34.8 Å². The van der Waals surface area contributed by atoms with Crippen LogP contribution in [0.2, 0.25) is 0 Å². The Balaban J connectivity index is 2.10. The van der Waals surface area contributed by atoms with Crippen molar-refractivity contribution >= 4 is 13.5 Å². The Morgan fingerprint density at radius 3 is 2.36 bits per heavy atom. The number of rotatable bonds is 6. The van der Waals surface area contributed by atoms with Gasteiger partial charge in [-0.2, -0.15) is 4.76 Å². The summed E-state index contributed by atoms with van der Waals surface area (Å²) < 4.78 is 14.3. The molecule has 1 atom stereocenters. The third-order valence-corrected chi connectivity index (χ3v) is 4.20. The molecule has 0 radical (unpaired) electrons. The van der Waals surface area contributed by atoms with Gasteiger partial charge in [-0.15, -0.1) is 0 Å². The SMILES string of the molecule is O=P(O)(O)N=C1CC(O)=CC(O)=C1C(O)CCCc1ccc(O)cc1. The number of hydrogen-bond acceptors (Lipinski definition) is 5. The summed E-state index contributed by atoms with van der Waals surface area (Å²) in [6.45, 7) is 0. The summed E-state index contributed by atoms with van der Waals surface area (Å²) in [5, 5.41) is 39.0. The van der Waals surface area contributed by atoms with Crippen LogP contribution in [0.1, 0.15) is 24.8 Å². The number of allylic oxidation sites excluding steroid dienone is 2. The van der Waals surface area contributed by atoms with Gasteiger partial charge >= 0.3 is 7.75 Å². The molecule has 0 saturated heterocycles. The molecule has 1 aliphatic carbocycles. The Morgan fingerprint density at radius 2 is 1.76 bits per heavy atom. The average molecular weight is 369 g/mol. The van der Waals surface area contributed by atoms with Gasteiger partial charge in [0, 0.05) is 18.1 Å². The minimum Gasteiger partial charge on any atom is -0.512 e. The van der Waals surface area contributed by atoms with E-state index in [9.17, 15) is 25.0 Å². The molecule has 25 heavy (non-hydrogen) atoms. The number of benzene rings is 1. The summed E-state index contributed by atoms with van der Waals surface area (Å²) in [6.07, 6.45) is 0.914. The third kappa shape index (κ3) is 5.72. The molecule has 1 aromatic carbocycles. The van der Waals surface area contributed by atoms with Crippen molar-refractivity contribution in [1.82, 2.24) is 0 Å². The predicted octanol–water partition coefficient (Wildman–Crippen LogP) is 2.27. The lowest BCUT2D eigenvalue weighted by Crippen LogP contribution is -2.23. The van der Waals surface area contributed by atoms with Gasteiger partial charge in [-0.1, -0.05) is 12.1 Å². The van der Waals surface area contributed by atoms with Crippen molar-refractivity contribution in [2.24, 2.45) is 4.76 Å². The zero-order chi connectivity index (χ0) is 18.6. The zero-order valence-electron chi connectivity index (χ0n) is 13.3. The van der Waals surface area contributed by atoms with Crippen LogP contribution in [-0.4, -0.2) is 42.0 Å². The minimum absolute atomic E-state index is 0.0909. The summed E-state index contributed by atoms with van der Waals surface area (Å²) in [5.41, 5.74) is 0.628. The van der Waals surface area contributed by atoms with Crippen LogP contribution in [0.4, 0.5) is 0 Å². The molecule has 0 aliphatic heterocycles. The van der Waals surface area contributed by atoms with Crippen LogP contribution in [0.5, 0.6) is 5.75 Å². The highest BCUT2D eigenvalue weighted by molar-refractivity contribution is 7.50. The second kappa shape index (κ2) is 7.84. The first kappa shape index (κ1) is 19.2. The number of hydrogen-bond donors (Lipinski definition) is 6. The standard InChI is InChI=1S/C16H20NO7P/c18-11-6-4-10(5-7-11)2-1-3-14(20)16-13(17-25(22,23)24)8-12(19)9-15(16)21/h4-7,9,14,18-21H,1-3,8H2,(H2,22,23,24). The molecule has 0 fully saturated rings. The summed E-state index contributed by atoms with van der Waals surface area (Å²) in [7, 11) is -4.77. The van der Waals surface area contributed by atoms with E-state index in [0.717, 1.165) is 11.6 Å². The number of aliphatic hydroxyl groups is 3. The monoisotopic (exact) mass is 369 g/mol. The largest absolute Gasteiger partial charge is 0.512 e. The van der Waals surface area contributed by atoms with Gasteiger partial charge in [-0.05, 0) is 37.0 Å². The first-order chi connectivity index (χ1) is 11.7. The van der Waals surface area contributed by atoms with Crippen molar-refractivity contribution in [2.45, 2.75) is 31.8 Å². The number of aryl methyl sites for hydroxylation is 1. The van der Waals surface area contributed by atoms with Crippen molar-refractivity contribution in [3.05, 3.63) is 53.0 Å². The molecular formula is C16H20NO7P. The Bertz CT molecular complexity index is 761. The Labute approximate surface area is 144 Å². The molecule has 1 aromatic rings. The van der Waals surface area contributed by atoms with Crippen LogP contribution in [-0.2, 0) is 11.0 Å². The normalized spacial score (nSPS) is 18.4. The lowest BCUT2D eigenvalue weighted by molar-refractivity contribution is 0.196. The molecule has 8 nitrogen and oxygen atoms in total. The molecule has 0 saturated carbocycles. The highest BCUT2D eigenvalue weighted by atomic mass is 31.2. The van der Waals surface area contributed by atoms with Crippen molar-refractivity contribution in [3.8, 4) is 5.75 Å². The summed E-state index contributed by atoms with van der Waals surface area (Å²) in [5.74, 6) is -0.608. The maximum absolute atomic E-state index is 11.1. The van der Waals surface area contributed by atoms with E-state index in [-0.39, 0.29) is 35.6 Å². The van der Waals surface area contributed by atoms with Crippen LogP contribution in [0.3, 0.4) is 0 Å². The van der Waals surface area contributed by atoms with E-state index in [4.69, 9.17) is 9.79 Å². The zero-order valence-corrected chi connectivity index (χ0v) is 14.2. The van der Waals surface area contributed by atoms with Crippen molar-refractivity contribution in [2.75, 3.05) is 0 Å². The van der Waals surface area contributed by atoms with Gasteiger partial charge in [0.1, 0.15) is 17.3 Å². The number of phenols is 1. The first-order valence-electron chi connectivity index (χ1n) is 7.59. The maximum Gasteiger partial charge on any atom is 0.448 e. The van der Waals surface area contributed by atoms with Crippen LogP contribution in [0.25, 0.3) is 0 Å². The van der Waals surface area contributed by atoms with Crippen molar-refractivity contribution in [1.29, 1.82) is 0 Å². The van der Waals surface area contributed by atoms with E-state index < -0.39 is 19.6 Å². The van der Waals surface area contributed by atoms with Gasteiger partial charge in [0.25, 0.3) is 0 Å². The van der Waals surface area contributed by atoms with E-state index in [1.54, 1.807) is 24.3 Å². The third-order valence-electron chi connectivity index (χ3n) is 3.70. The highest BCUT2D eigenvalue weighted by Crippen LogP contribution is 2.39. The molecule has 0 bridgehead atoms. The van der Waals surface area contributed by atoms with Crippen LogP contribution in [0.15, 0.2) is 52.2 Å². The van der Waals surface area contributed by atoms with E-state index in [1.165, 1.54) is 0 Å². The lowest BCUT2D eigenvalue weighted by Gasteiger charge is -2.21. The van der Waals surface area contributed by atoms with Gasteiger partial charge in [0.2, 0.25) is 0 Å². The van der Waals surface area contributed by atoms with Gasteiger partial charge < -0.3 is 30.2 Å². The maximum atomic E-state index is 11.1. The Morgan fingerprint density at radius 1 is 1.12 bits per heavy atom. The molecular weight excluding hydrogens is 349 g/mol. The molecule has 1 unspecified atom stereocenters. The number of nitrogens with zero attached hydrogens (tertiary/aromatic N) is 1. The molecule has 0 heterocycles. The number of aromatic hydroxyl groups is 1. The second-order valence-corrected chi connectivity index (χ2v) is 6.97. The highest BCUT2D eigenvalue weighted by Gasteiger charge is 2.28. The van der Waals surface area contributed by atoms with Gasteiger partial charge in [-0.25, -0.2) is 4.57 Å². The molecule has 0 amide bonds. The molecule has 136 valence electrons. The predicted molar refractivity (Wildman–Crippen MR) is 91.5 cm³/mol. The van der Waals surface area contributed by atoms with Crippen LogP contribution < -0.4 is 0 Å². The molecule has 6 N–H and O–H groups in total. The Kier molecular flexibility index (Phi) is 6.02. The lowest BCUT2D eigenvalue weighted by atomic mass is 9.92. The molecule has 9 heteroatoms. The van der Waals surface area contributed by atoms with Crippen molar-refractivity contribution in [3.63, 3.8) is 0 Å². The quantitative estimate of drug-likeness (QED) is 0.421. The van der Waals surface area contributed by atoms with Gasteiger partial charge in [0.15, 0.2) is 0 Å². The van der Waals surface area contributed by atoms with E-state index in [2.05, 4.69) is 4.76 Å². The van der Waals surface area contributed by atoms with E-state index in [0.29, 0.717) is 12.8 Å². The van der Waals surface area contributed by atoms with Gasteiger partial charge in [0.05, 0.1) is 11.8 Å². The van der Waals surface area contributed by atoms with Crippen LogP contribution in [0, 0.1) is 0 Å². The summed E-state index contributed by atoms with van der Waals surface area (Å²) in [4.78, 5) is 18.0. The summed E-state index contributed by atoms with van der Waals surface area (Å²) in [6, 6.07) is 6.61. The summed E-state index contributed by atoms with van der Waals surface area (Å²) >= 11 is 0. The van der Waals surface area contributed by atoms with E-state index >= 15 is 0 Å². The number of aliphatic hydroxyl groups excluding tert-OH is 3. The molecule has 0 aromatic heterocycles. The molecule has 2 rings (SSSR count). The first-order valence-corrected chi connectivity index (χ1v) is 9.16.